The van der Waals surface area contributed by atoms with Crippen LogP contribution in [0.4, 0.5) is 10.1 Å². The highest BCUT2D eigenvalue weighted by Gasteiger charge is 2.43. The van der Waals surface area contributed by atoms with Gasteiger partial charge in [-0.2, -0.15) is 0 Å². The smallest absolute Gasteiger partial charge is 0.235 e. The molecule has 29 heavy (non-hydrogen) atoms. The molecule has 2 aromatic rings. The van der Waals surface area contributed by atoms with E-state index in [0.717, 1.165) is 23.3 Å². The summed E-state index contributed by atoms with van der Waals surface area (Å²) in [4.78, 5) is 13.4. The molecule has 1 N–H and O–H groups in total. The minimum absolute atomic E-state index is 0.124. The molecule has 1 atom stereocenters. The largest absolute Gasteiger partial charge is 0.490 e. The maximum absolute atomic E-state index is 14.6. The van der Waals surface area contributed by atoms with Gasteiger partial charge in [-0.15, -0.1) is 0 Å². The Kier molecular flexibility index (Phi) is 6.58. The van der Waals surface area contributed by atoms with Crippen LogP contribution in [0.2, 0.25) is 0 Å². The number of carbonyl (C=O) groups is 1. The summed E-state index contributed by atoms with van der Waals surface area (Å²) in [6.07, 6.45) is 1.95. The quantitative estimate of drug-likeness (QED) is 0.716. The van der Waals surface area contributed by atoms with Crippen LogP contribution in [0, 0.1) is 19.7 Å². The molecule has 1 fully saturated rings. The van der Waals surface area contributed by atoms with Gasteiger partial charge in [-0.25, -0.2) is 4.39 Å². The van der Waals surface area contributed by atoms with Crippen LogP contribution in [-0.4, -0.2) is 25.2 Å². The number of nitrogens with one attached hydrogen (secondary N) is 1. The van der Waals surface area contributed by atoms with Crippen molar-refractivity contribution in [1.29, 1.82) is 0 Å². The van der Waals surface area contributed by atoms with Gasteiger partial charge in [0.15, 0.2) is 0 Å². The molecule has 156 valence electrons. The second kappa shape index (κ2) is 8.95. The number of hydrogen-bond donors (Lipinski definition) is 1. The first-order chi connectivity index (χ1) is 13.9. The average Bonchev–Trinajstić information content (AvgIpc) is 2.71. The molecule has 1 aliphatic heterocycles. The Labute approximate surface area is 172 Å². The number of halogens is 1. The second-order valence-corrected chi connectivity index (χ2v) is 7.90. The molecule has 3 rings (SSSR count). The van der Waals surface area contributed by atoms with Crippen LogP contribution in [0.1, 0.15) is 49.8 Å². The third kappa shape index (κ3) is 4.45. The summed E-state index contributed by atoms with van der Waals surface area (Å²) in [7, 11) is 0. The number of amides is 1. The van der Waals surface area contributed by atoms with Gasteiger partial charge in [0.2, 0.25) is 5.91 Å². The fourth-order valence-corrected chi connectivity index (χ4v) is 3.93. The monoisotopic (exact) mass is 399 g/mol. The minimum Gasteiger partial charge on any atom is -0.490 e. The SMILES string of the molecule is CC[C@H](C)Oc1c(C)cc(NC(=O)C2(c3ccccc3F)CCOCC2)cc1C. The fourth-order valence-electron chi connectivity index (χ4n) is 3.93. The first kappa shape index (κ1) is 21.3. The molecule has 1 amide bonds. The molecule has 0 spiro atoms. The van der Waals surface area contributed by atoms with Gasteiger partial charge in [0.05, 0.1) is 11.5 Å². The highest BCUT2D eigenvalue weighted by molar-refractivity contribution is 5.99. The molecule has 0 unspecified atom stereocenters. The number of aryl methyl sites for hydroxylation is 2. The number of ether oxygens (including phenoxy) is 2. The summed E-state index contributed by atoms with van der Waals surface area (Å²) >= 11 is 0. The van der Waals surface area contributed by atoms with Gasteiger partial charge in [0, 0.05) is 24.5 Å². The van der Waals surface area contributed by atoms with E-state index in [9.17, 15) is 9.18 Å². The van der Waals surface area contributed by atoms with E-state index in [4.69, 9.17) is 9.47 Å². The van der Waals surface area contributed by atoms with Crippen molar-refractivity contribution in [3.8, 4) is 5.75 Å². The Bertz CT molecular complexity index is 851. The van der Waals surface area contributed by atoms with Crippen LogP contribution in [0.25, 0.3) is 0 Å². The van der Waals surface area contributed by atoms with Gasteiger partial charge in [0.25, 0.3) is 0 Å². The standard InChI is InChI=1S/C24H30FNO3/c1-5-18(4)29-22-16(2)14-19(15-17(22)3)26-23(27)24(10-12-28-13-11-24)20-8-6-7-9-21(20)25/h6-9,14-15,18H,5,10-13H2,1-4H3,(H,26,27)/t18-/m0/s1. The van der Waals surface area contributed by atoms with E-state index in [1.54, 1.807) is 18.2 Å². The molecule has 0 radical (unpaired) electrons. The Balaban J connectivity index is 1.90. The highest BCUT2D eigenvalue weighted by atomic mass is 19.1. The van der Waals surface area contributed by atoms with Crippen molar-refractivity contribution in [1.82, 2.24) is 0 Å². The molecule has 0 aliphatic carbocycles. The third-order valence-electron chi connectivity index (χ3n) is 5.78. The Morgan fingerprint density at radius 2 is 1.83 bits per heavy atom. The van der Waals surface area contributed by atoms with Crippen molar-refractivity contribution in [2.45, 2.75) is 58.5 Å². The summed E-state index contributed by atoms with van der Waals surface area (Å²) in [5.41, 5.74) is 2.13. The molecule has 0 bridgehead atoms. The molecule has 4 nitrogen and oxygen atoms in total. The molecule has 5 heteroatoms. The van der Waals surface area contributed by atoms with E-state index in [1.807, 2.05) is 32.9 Å². The Hall–Kier alpha value is -2.40. The number of anilines is 1. The van der Waals surface area contributed by atoms with Crippen molar-refractivity contribution < 1.29 is 18.7 Å². The maximum atomic E-state index is 14.6. The lowest BCUT2D eigenvalue weighted by Gasteiger charge is -2.36. The van der Waals surface area contributed by atoms with Crippen molar-refractivity contribution >= 4 is 11.6 Å². The van der Waals surface area contributed by atoms with Crippen molar-refractivity contribution in [2.75, 3.05) is 18.5 Å². The lowest BCUT2D eigenvalue weighted by Crippen LogP contribution is -2.45. The predicted octanol–water partition coefficient (Wildman–Crippen LogP) is 5.31. The zero-order chi connectivity index (χ0) is 21.0. The predicted molar refractivity (Wildman–Crippen MR) is 113 cm³/mol. The van der Waals surface area contributed by atoms with Crippen LogP contribution in [-0.2, 0) is 14.9 Å². The van der Waals surface area contributed by atoms with Gasteiger partial charge in [0.1, 0.15) is 11.6 Å². The van der Waals surface area contributed by atoms with Crippen LogP contribution in [0.3, 0.4) is 0 Å². The summed E-state index contributed by atoms with van der Waals surface area (Å²) in [6.45, 7) is 8.93. The average molecular weight is 400 g/mol. The Morgan fingerprint density at radius 3 is 2.41 bits per heavy atom. The van der Waals surface area contributed by atoms with Crippen molar-refractivity contribution in [3.05, 3.63) is 58.9 Å². The zero-order valence-electron chi connectivity index (χ0n) is 17.7. The first-order valence-electron chi connectivity index (χ1n) is 10.3. The molecule has 2 aromatic carbocycles. The van der Waals surface area contributed by atoms with Crippen LogP contribution >= 0.6 is 0 Å². The van der Waals surface area contributed by atoms with Crippen LogP contribution in [0.15, 0.2) is 36.4 Å². The van der Waals surface area contributed by atoms with Gasteiger partial charge in [-0.3, -0.25) is 4.79 Å². The normalized spacial score (nSPS) is 16.9. The van der Waals surface area contributed by atoms with E-state index in [1.165, 1.54) is 6.07 Å². The molecular weight excluding hydrogens is 369 g/mol. The summed E-state index contributed by atoms with van der Waals surface area (Å²) in [5.74, 6) is 0.307. The third-order valence-corrected chi connectivity index (χ3v) is 5.78. The van der Waals surface area contributed by atoms with Crippen molar-refractivity contribution in [2.24, 2.45) is 0 Å². The molecule has 0 aromatic heterocycles. The number of hydrogen-bond acceptors (Lipinski definition) is 3. The van der Waals surface area contributed by atoms with Crippen LogP contribution in [0.5, 0.6) is 5.75 Å². The molecular formula is C24H30FNO3. The molecule has 0 saturated carbocycles. The molecule has 1 saturated heterocycles. The van der Waals surface area contributed by atoms with Gasteiger partial charge in [-0.1, -0.05) is 25.1 Å². The van der Waals surface area contributed by atoms with E-state index >= 15 is 0 Å². The van der Waals surface area contributed by atoms with Gasteiger partial charge in [-0.05, 0) is 69.4 Å². The van der Waals surface area contributed by atoms with Gasteiger partial charge >= 0.3 is 0 Å². The van der Waals surface area contributed by atoms with E-state index in [2.05, 4.69) is 12.2 Å². The molecule has 1 heterocycles. The highest BCUT2D eigenvalue weighted by Crippen LogP contribution is 2.38. The zero-order valence-corrected chi connectivity index (χ0v) is 17.7. The minimum atomic E-state index is -0.933. The molecule has 1 aliphatic rings. The van der Waals surface area contributed by atoms with E-state index in [0.29, 0.717) is 37.3 Å². The number of carbonyl (C=O) groups excluding carboxylic acids is 1. The lowest BCUT2D eigenvalue weighted by molar-refractivity contribution is -0.125. The second-order valence-electron chi connectivity index (χ2n) is 7.90. The fraction of sp³-hybridized carbons (Fsp3) is 0.458. The van der Waals surface area contributed by atoms with Gasteiger partial charge < -0.3 is 14.8 Å². The summed E-state index contributed by atoms with van der Waals surface area (Å²) < 4.78 is 26.1. The summed E-state index contributed by atoms with van der Waals surface area (Å²) in [5, 5.41) is 3.04. The summed E-state index contributed by atoms with van der Waals surface area (Å²) in [6, 6.07) is 10.4. The lowest BCUT2D eigenvalue weighted by atomic mass is 9.73. The number of rotatable bonds is 6. The first-order valence-corrected chi connectivity index (χ1v) is 10.3. The topological polar surface area (TPSA) is 47.6 Å². The number of benzene rings is 2. The Morgan fingerprint density at radius 1 is 1.21 bits per heavy atom. The van der Waals surface area contributed by atoms with Crippen molar-refractivity contribution in [3.63, 3.8) is 0 Å². The van der Waals surface area contributed by atoms with E-state index in [-0.39, 0.29) is 17.8 Å². The van der Waals surface area contributed by atoms with Crippen LogP contribution < -0.4 is 10.1 Å². The maximum Gasteiger partial charge on any atom is 0.235 e. The van der Waals surface area contributed by atoms with E-state index < -0.39 is 5.41 Å².